The molecule has 2 fully saturated rings. The summed E-state index contributed by atoms with van der Waals surface area (Å²) in [6.07, 6.45) is 5.20. The Hall–Kier alpha value is -0.570. The van der Waals surface area contributed by atoms with E-state index in [9.17, 15) is 4.79 Å². The van der Waals surface area contributed by atoms with Gasteiger partial charge in [-0.15, -0.1) is 0 Å². The van der Waals surface area contributed by atoms with Gasteiger partial charge in [-0.3, -0.25) is 4.79 Å². The average Bonchev–Trinajstić information content (AvgIpc) is 2.95. The minimum Gasteiger partial charge on any atom is -0.375 e. The summed E-state index contributed by atoms with van der Waals surface area (Å²) >= 11 is 0. The van der Waals surface area contributed by atoms with Crippen molar-refractivity contribution in [2.75, 3.05) is 13.7 Å². The molecule has 1 N–H and O–H groups in total. The van der Waals surface area contributed by atoms with Gasteiger partial charge in [0.15, 0.2) is 0 Å². The van der Waals surface area contributed by atoms with Crippen LogP contribution in [0.5, 0.6) is 0 Å². The zero-order valence-corrected chi connectivity index (χ0v) is 8.08. The molecule has 74 valence electrons. The zero-order valence-electron chi connectivity index (χ0n) is 8.08. The van der Waals surface area contributed by atoms with Crippen LogP contribution < -0.4 is 5.32 Å². The van der Waals surface area contributed by atoms with E-state index in [4.69, 9.17) is 4.74 Å². The second kappa shape index (κ2) is 3.66. The summed E-state index contributed by atoms with van der Waals surface area (Å²) < 4.78 is 4.79. The first kappa shape index (κ1) is 9.00. The molecule has 0 atom stereocenters. The van der Waals surface area contributed by atoms with Crippen molar-refractivity contribution in [1.82, 2.24) is 5.32 Å². The van der Waals surface area contributed by atoms with Crippen LogP contribution in [0.3, 0.4) is 0 Å². The van der Waals surface area contributed by atoms with Gasteiger partial charge in [0.1, 0.15) is 6.61 Å². The van der Waals surface area contributed by atoms with E-state index >= 15 is 0 Å². The quantitative estimate of drug-likeness (QED) is 0.688. The number of hydrogen-bond acceptors (Lipinski definition) is 2. The van der Waals surface area contributed by atoms with E-state index in [1.807, 2.05) is 0 Å². The maximum atomic E-state index is 11.3. The summed E-state index contributed by atoms with van der Waals surface area (Å²) in [5, 5.41) is 3.08. The molecule has 3 heteroatoms. The Morgan fingerprint density at radius 1 is 1.38 bits per heavy atom. The van der Waals surface area contributed by atoms with E-state index in [0.29, 0.717) is 6.04 Å². The lowest BCUT2D eigenvalue weighted by atomic mass is 10.1. The number of methoxy groups -OCH3 is 1. The Morgan fingerprint density at radius 2 is 1.92 bits per heavy atom. The van der Waals surface area contributed by atoms with Crippen molar-refractivity contribution in [3.8, 4) is 0 Å². The fourth-order valence-corrected chi connectivity index (χ4v) is 1.89. The summed E-state index contributed by atoms with van der Waals surface area (Å²) in [5.74, 6) is 1.59. The van der Waals surface area contributed by atoms with Crippen LogP contribution in [0.25, 0.3) is 0 Å². The smallest absolute Gasteiger partial charge is 0.246 e. The molecule has 0 radical (unpaired) electrons. The average molecular weight is 183 g/mol. The van der Waals surface area contributed by atoms with Gasteiger partial charge < -0.3 is 10.1 Å². The number of nitrogens with one attached hydrogen (secondary N) is 1. The molecule has 0 unspecified atom stereocenters. The van der Waals surface area contributed by atoms with Gasteiger partial charge in [-0.25, -0.2) is 0 Å². The van der Waals surface area contributed by atoms with Crippen LogP contribution in [-0.2, 0) is 9.53 Å². The predicted molar refractivity (Wildman–Crippen MR) is 49.3 cm³/mol. The van der Waals surface area contributed by atoms with Gasteiger partial charge >= 0.3 is 0 Å². The molecule has 0 aromatic heterocycles. The summed E-state index contributed by atoms with van der Waals surface area (Å²) in [5.41, 5.74) is 0. The highest BCUT2D eigenvalue weighted by molar-refractivity contribution is 5.77. The number of carbonyl (C=O) groups excluding carboxylic acids is 1. The standard InChI is InChI=1S/C10H17NO2/c1-13-6-9(12)11-10(7-2-3-7)8-4-5-8/h7-8,10H,2-6H2,1H3,(H,11,12). The van der Waals surface area contributed by atoms with Crippen molar-refractivity contribution >= 4 is 5.91 Å². The Bertz CT molecular complexity index is 185. The third-order valence-electron chi connectivity index (χ3n) is 2.86. The Balaban J connectivity index is 1.78. The summed E-state index contributed by atoms with van der Waals surface area (Å²) in [7, 11) is 1.56. The SMILES string of the molecule is COCC(=O)NC(C1CC1)C1CC1. The summed E-state index contributed by atoms with van der Waals surface area (Å²) in [4.78, 5) is 11.3. The molecule has 0 aromatic rings. The van der Waals surface area contributed by atoms with Gasteiger partial charge in [0.05, 0.1) is 0 Å². The topological polar surface area (TPSA) is 38.3 Å². The lowest BCUT2D eigenvalue weighted by Crippen LogP contribution is -2.39. The third kappa shape index (κ3) is 2.44. The van der Waals surface area contributed by atoms with Gasteiger partial charge in [0.2, 0.25) is 5.91 Å². The highest BCUT2D eigenvalue weighted by atomic mass is 16.5. The Labute approximate surface area is 78.8 Å². The molecule has 3 nitrogen and oxygen atoms in total. The fraction of sp³-hybridized carbons (Fsp3) is 0.900. The molecule has 2 rings (SSSR count). The monoisotopic (exact) mass is 183 g/mol. The molecular formula is C10H17NO2. The van der Waals surface area contributed by atoms with Crippen LogP contribution in [-0.4, -0.2) is 25.7 Å². The van der Waals surface area contributed by atoms with Crippen molar-refractivity contribution in [3.05, 3.63) is 0 Å². The van der Waals surface area contributed by atoms with Gasteiger partial charge in [0, 0.05) is 13.2 Å². The molecule has 1 amide bonds. The van der Waals surface area contributed by atoms with Gasteiger partial charge in [-0.05, 0) is 37.5 Å². The van der Waals surface area contributed by atoms with E-state index in [2.05, 4.69) is 5.32 Å². The fourth-order valence-electron chi connectivity index (χ4n) is 1.89. The highest BCUT2D eigenvalue weighted by Crippen LogP contribution is 2.44. The van der Waals surface area contributed by atoms with E-state index in [1.54, 1.807) is 7.11 Å². The number of ether oxygens (including phenoxy) is 1. The van der Waals surface area contributed by atoms with Crippen LogP contribution in [0, 0.1) is 11.8 Å². The first-order valence-corrected chi connectivity index (χ1v) is 5.09. The number of hydrogen-bond donors (Lipinski definition) is 1. The lowest BCUT2D eigenvalue weighted by molar-refractivity contribution is -0.125. The van der Waals surface area contributed by atoms with Crippen LogP contribution in [0.2, 0.25) is 0 Å². The predicted octanol–water partition coefficient (Wildman–Crippen LogP) is 0.938. The number of rotatable bonds is 5. The van der Waals surface area contributed by atoms with Gasteiger partial charge in [0.25, 0.3) is 0 Å². The summed E-state index contributed by atoms with van der Waals surface area (Å²) in [6, 6.07) is 0.461. The Morgan fingerprint density at radius 3 is 2.31 bits per heavy atom. The number of carbonyl (C=O) groups is 1. The van der Waals surface area contributed by atoms with Crippen LogP contribution >= 0.6 is 0 Å². The molecule has 0 spiro atoms. The first-order chi connectivity index (χ1) is 6.31. The molecule has 2 saturated carbocycles. The number of amides is 1. The van der Waals surface area contributed by atoms with Crippen molar-refractivity contribution in [2.24, 2.45) is 11.8 Å². The minimum absolute atomic E-state index is 0.0475. The van der Waals surface area contributed by atoms with Crippen molar-refractivity contribution < 1.29 is 9.53 Å². The second-order valence-electron chi connectivity index (χ2n) is 4.20. The van der Waals surface area contributed by atoms with E-state index in [0.717, 1.165) is 11.8 Å². The highest BCUT2D eigenvalue weighted by Gasteiger charge is 2.42. The normalized spacial score (nSPS) is 22.0. The maximum Gasteiger partial charge on any atom is 0.246 e. The van der Waals surface area contributed by atoms with Crippen molar-refractivity contribution in [1.29, 1.82) is 0 Å². The van der Waals surface area contributed by atoms with E-state index in [1.165, 1.54) is 25.7 Å². The van der Waals surface area contributed by atoms with Crippen LogP contribution in [0.1, 0.15) is 25.7 Å². The maximum absolute atomic E-state index is 11.3. The zero-order chi connectivity index (χ0) is 9.26. The third-order valence-corrected chi connectivity index (χ3v) is 2.86. The molecule has 0 heterocycles. The molecule has 0 saturated heterocycles. The lowest BCUT2D eigenvalue weighted by Gasteiger charge is -2.16. The molecule has 0 aliphatic heterocycles. The molecule has 0 aromatic carbocycles. The van der Waals surface area contributed by atoms with Crippen molar-refractivity contribution in [2.45, 2.75) is 31.7 Å². The molecular weight excluding hydrogens is 166 g/mol. The minimum atomic E-state index is 0.0475. The second-order valence-corrected chi connectivity index (χ2v) is 4.20. The summed E-state index contributed by atoms with van der Waals surface area (Å²) in [6.45, 7) is 0.204. The first-order valence-electron chi connectivity index (χ1n) is 5.09. The van der Waals surface area contributed by atoms with Crippen LogP contribution in [0.4, 0.5) is 0 Å². The molecule has 2 aliphatic carbocycles. The Kier molecular flexibility index (Phi) is 2.54. The van der Waals surface area contributed by atoms with Gasteiger partial charge in [-0.2, -0.15) is 0 Å². The molecule has 13 heavy (non-hydrogen) atoms. The molecule has 2 aliphatic rings. The van der Waals surface area contributed by atoms with E-state index < -0.39 is 0 Å². The van der Waals surface area contributed by atoms with E-state index in [-0.39, 0.29) is 12.5 Å². The largest absolute Gasteiger partial charge is 0.375 e. The van der Waals surface area contributed by atoms with Gasteiger partial charge in [-0.1, -0.05) is 0 Å². The van der Waals surface area contributed by atoms with Crippen LogP contribution in [0.15, 0.2) is 0 Å². The molecule has 0 bridgehead atoms. The van der Waals surface area contributed by atoms with Crippen molar-refractivity contribution in [3.63, 3.8) is 0 Å².